The number of nitrogens with zero attached hydrogens (tertiary/aromatic N) is 3. The van der Waals surface area contributed by atoms with Gasteiger partial charge in [0.1, 0.15) is 5.56 Å². The molecular weight excluding hydrogens is 320 g/mol. The van der Waals surface area contributed by atoms with Crippen LogP contribution in [0, 0.1) is 6.92 Å². The monoisotopic (exact) mass is 340 g/mol. The largest absolute Gasteiger partial charge is 0.345 e. The van der Waals surface area contributed by atoms with Gasteiger partial charge in [0.05, 0.1) is 11.7 Å². The van der Waals surface area contributed by atoms with Crippen molar-refractivity contribution in [2.24, 2.45) is 0 Å². The summed E-state index contributed by atoms with van der Waals surface area (Å²) in [7, 11) is 0. The average Bonchev–Trinajstić information content (AvgIpc) is 2.91. The average molecular weight is 340 g/mol. The Bertz CT molecular complexity index is 857. The Labute approximate surface area is 145 Å². The lowest BCUT2D eigenvalue weighted by Crippen LogP contribution is -2.27. The van der Waals surface area contributed by atoms with E-state index in [0.717, 1.165) is 11.3 Å². The summed E-state index contributed by atoms with van der Waals surface area (Å²) in [5.41, 5.74) is 2.86. The SMILES string of the molecule is CCSc1ccc([C@H](C)NC(=O)c2c(C)nn3cccnc23)cc1. The second-order valence-corrected chi connectivity index (χ2v) is 6.88. The van der Waals surface area contributed by atoms with Gasteiger partial charge in [-0.1, -0.05) is 19.1 Å². The third-order valence-corrected chi connectivity index (χ3v) is 4.73. The van der Waals surface area contributed by atoms with Gasteiger partial charge in [-0.3, -0.25) is 4.79 Å². The van der Waals surface area contributed by atoms with Crippen LogP contribution in [0.1, 0.15) is 41.5 Å². The number of carbonyl (C=O) groups excluding carboxylic acids is 1. The molecule has 0 aliphatic rings. The van der Waals surface area contributed by atoms with Crippen LogP contribution in [-0.2, 0) is 0 Å². The molecule has 0 aliphatic carbocycles. The number of nitrogens with one attached hydrogen (secondary N) is 1. The van der Waals surface area contributed by atoms with Gasteiger partial charge in [0.15, 0.2) is 5.65 Å². The molecule has 5 nitrogen and oxygen atoms in total. The molecule has 0 saturated carbocycles. The minimum atomic E-state index is -0.152. The Hall–Kier alpha value is -2.34. The normalized spacial score (nSPS) is 12.3. The Morgan fingerprint density at radius 3 is 2.79 bits per heavy atom. The summed E-state index contributed by atoms with van der Waals surface area (Å²) in [6.45, 7) is 5.94. The van der Waals surface area contributed by atoms with E-state index in [2.05, 4.69) is 46.6 Å². The zero-order valence-corrected chi connectivity index (χ0v) is 14.8. The van der Waals surface area contributed by atoms with Gasteiger partial charge in [-0.15, -0.1) is 11.8 Å². The summed E-state index contributed by atoms with van der Waals surface area (Å²) in [6, 6.07) is 10.0. The molecule has 1 aromatic carbocycles. The first-order chi connectivity index (χ1) is 11.6. The molecule has 3 aromatic rings. The molecule has 124 valence electrons. The molecule has 2 aromatic heterocycles. The second kappa shape index (κ2) is 7.05. The summed E-state index contributed by atoms with van der Waals surface area (Å²) in [5.74, 6) is 0.896. The lowest BCUT2D eigenvalue weighted by molar-refractivity contribution is 0.0940. The molecule has 0 radical (unpaired) electrons. The molecule has 24 heavy (non-hydrogen) atoms. The highest BCUT2D eigenvalue weighted by Gasteiger charge is 2.20. The van der Waals surface area contributed by atoms with Crippen LogP contribution in [0.15, 0.2) is 47.6 Å². The van der Waals surface area contributed by atoms with E-state index in [0.29, 0.717) is 16.9 Å². The van der Waals surface area contributed by atoms with Gasteiger partial charge in [0.25, 0.3) is 5.91 Å². The zero-order valence-electron chi connectivity index (χ0n) is 14.0. The lowest BCUT2D eigenvalue weighted by atomic mass is 10.1. The topological polar surface area (TPSA) is 59.3 Å². The molecule has 2 heterocycles. The molecule has 0 bridgehead atoms. The maximum atomic E-state index is 12.7. The van der Waals surface area contributed by atoms with Crippen LogP contribution < -0.4 is 5.32 Å². The van der Waals surface area contributed by atoms with Crippen molar-refractivity contribution < 1.29 is 4.79 Å². The summed E-state index contributed by atoms with van der Waals surface area (Å²) < 4.78 is 1.63. The molecule has 0 aliphatic heterocycles. The first kappa shape index (κ1) is 16.5. The molecule has 1 N–H and O–H groups in total. The third kappa shape index (κ3) is 3.28. The first-order valence-corrected chi connectivity index (χ1v) is 8.92. The van der Waals surface area contributed by atoms with Gasteiger partial charge < -0.3 is 5.32 Å². The van der Waals surface area contributed by atoms with Gasteiger partial charge >= 0.3 is 0 Å². The number of hydrogen-bond acceptors (Lipinski definition) is 4. The molecule has 3 rings (SSSR count). The van der Waals surface area contributed by atoms with E-state index in [4.69, 9.17) is 0 Å². The maximum absolute atomic E-state index is 12.7. The van der Waals surface area contributed by atoms with E-state index in [1.54, 1.807) is 34.7 Å². The van der Waals surface area contributed by atoms with Crippen LogP contribution >= 0.6 is 11.8 Å². The van der Waals surface area contributed by atoms with Crippen molar-refractivity contribution in [3.05, 3.63) is 59.5 Å². The highest BCUT2D eigenvalue weighted by atomic mass is 32.2. The fraction of sp³-hybridized carbons (Fsp3) is 0.278. The molecule has 1 atom stereocenters. The van der Waals surface area contributed by atoms with Crippen molar-refractivity contribution in [2.75, 3.05) is 5.75 Å². The van der Waals surface area contributed by atoms with E-state index in [-0.39, 0.29) is 11.9 Å². The molecule has 0 spiro atoms. The molecular formula is C18H20N4OS. The maximum Gasteiger partial charge on any atom is 0.257 e. The second-order valence-electron chi connectivity index (χ2n) is 5.55. The minimum Gasteiger partial charge on any atom is -0.345 e. The van der Waals surface area contributed by atoms with Crippen LogP contribution in [0.4, 0.5) is 0 Å². The van der Waals surface area contributed by atoms with Crippen molar-refractivity contribution in [1.82, 2.24) is 19.9 Å². The standard InChI is InChI=1S/C18H20N4OS/c1-4-24-15-8-6-14(7-9-15)12(2)20-18(23)16-13(3)21-22-11-5-10-19-17(16)22/h5-12H,4H2,1-3H3,(H,20,23)/t12-/m0/s1. The number of aryl methyl sites for hydroxylation is 1. The molecule has 6 heteroatoms. The predicted octanol–water partition coefficient (Wildman–Crippen LogP) is 3.64. The minimum absolute atomic E-state index is 0.0868. The molecule has 0 fully saturated rings. The van der Waals surface area contributed by atoms with Crippen molar-refractivity contribution >= 4 is 23.3 Å². The Morgan fingerprint density at radius 2 is 2.08 bits per heavy atom. The molecule has 0 unspecified atom stereocenters. The van der Waals surface area contributed by atoms with Gasteiger partial charge in [-0.05, 0) is 43.4 Å². The lowest BCUT2D eigenvalue weighted by Gasteiger charge is -2.14. The summed E-state index contributed by atoms with van der Waals surface area (Å²) in [5, 5.41) is 7.38. The molecule has 1 amide bonds. The Balaban J connectivity index is 1.79. The summed E-state index contributed by atoms with van der Waals surface area (Å²) in [4.78, 5) is 18.2. The first-order valence-electron chi connectivity index (χ1n) is 7.93. The van der Waals surface area contributed by atoms with E-state index in [9.17, 15) is 4.79 Å². The van der Waals surface area contributed by atoms with Crippen molar-refractivity contribution in [3.8, 4) is 0 Å². The van der Waals surface area contributed by atoms with Gasteiger partial charge in [-0.25, -0.2) is 9.50 Å². The van der Waals surface area contributed by atoms with Crippen LogP contribution in [-0.4, -0.2) is 26.3 Å². The number of benzene rings is 1. The van der Waals surface area contributed by atoms with Gasteiger partial charge in [0.2, 0.25) is 0 Å². The van der Waals surface area contributed by atoms with Crippen LogP contribution in [0.25, 0.3) is 5.65 Å². The predicted molar refractivity (Wildman–Crippen MR) is 96.4 cm³/mol. The van der Waals surface area contributed by atoms with Gasteiger partial charge in [0, 0.05) is 17.3 Å². The van der Waals surface area contributed by atoms with Crippen molar-refractivity contribution in [3.63, 3.8) is 0 Å². The fourth-order valence-electron chi connectivity index (χ4n) is 2.63. The van der Waals surface area contributed by atoms with E-state index in [1.165, 1.54) is 4.90 Å². The van der Waals surface area contributed by atoms with Crippen LogP contribution in [0.5, 0.6) is 0 Å². The smallest absolute Gasteiger partial charge is 0.257 e. The Kier molecular flexibility index (Phi) is 4.85. The van der Waals surface area contributed by atoms with E-state index in [1.807, 2.05) is 13.8 Å². The number of rotatable bonds is 5. The third-order valence-electron chi connectivity index (χ3n) is 3.84. The summed E-state index contributed by atoms with van der Waals surface area (Å²) in [6.07, 6.45) is 3.46. The number of amides is 1. The highest BCUT2D eigenvalue weighted by molar-refractivity contribution is 7.99. The van der Waals surface area contributed by atoms with Crippen molar-refractivity contribution in [1.29, 1.82) is 0 Å². The van der Waals surface area contributed by atoms with Crippen LogP contribution in [0.2, 0.25) is 0 Å². The molecule has 0 saturated heterocycles. The number of fused-ring (bicyclic) bond motifs is 1. The number of carbonyl (C=O) groups is 1. The number of hydrogen-bond donors (Lipinski definition) is 1. The zero-order chi connectivity index (χ0) is 17.1. The quantitative estimate of drug-likeness (QED) is 0.720. The Morgan fingerprint density at radius 1 is 1.33 bits per heavy atom. The fourth-order valence-corrected chi connectivity index (χ4v) is 3.30. The van der Waals surface area contributed by atoms with E-state index < -0.39 is 0 Å². The van der Waals surface area contributed by atoms with E-state index >= 15 is 0 Å². The van der Waals surface area contributed by atoms with Crippen LogP contribution in [0.3, 0.4) is 0 Å². The van der Waals surface area contributed by atoms with Crippen molar-refractivity contribution in [2.45, 2.75) is 31.7 Å². The number of aromatic nitrogens is 3. The highest BCUT2D eigenvalue weighted by Crippen LogP contribution is 2.21. The van der Waals surface area contributed by atoms with Gasteiger partial charge in [-0.2, -0.15) is 5.10 Å². The summed E-state index contributed by atoms with van der Waals surface area (Å²) >= 11 is 1.80. The number of thioether (sulfide) groups is 1.